The van der Waals surface area contributed by atoms with Crippen LogP contribution in [0, 0.1) is 12.7 Å². The Bertz CT molecular complexity index is 519. The molecule has 16 heavy (non-hydrogen) atoms. The quantitative estimate of drug-likeness (QED) is 0.758. The fourth-order valence-electron chi connectivity index (χ4n) is 1.30. The summed E-state index contributed by atoms with van der Waals surface area (Å²) in [6.45, 7) is 1.77. The molecule has 0 aliphatic rings. The number of carbonyl (C=O) groups is 1. The van der Waals surface area contributed by atoms with E-state index >= 15 is 0 Å². The van der Waals surface area contributed by atoms with Crippen molar-refractivity contribution in [3.8, 4) is 11.5 Å². The van der Waals surface area contributed by atoms with E-state index < -0.39 is 0 Å². The topological polar surface area (TPSA) is 26.3 Å². The summed E-state index contributed by atoms with van der Waals surface area (Å²) in [5.74, 6) is 0.905. The summed E-state index contributed by atoms with van der Waals surface area (Å²) in [6, 6.07) is 5.97. The summed E-state index contributed by atoms with van der Waals surface area (Å²) in [7, 11) is 0. The van der Waals surface area contributed by atoms with E-state index in [1.54, 1.807) is 24.4 Å². The van der Waals surface area contributed by atoms with Crippen molar-refractivity contribution in [3.63, 3.8) is 0 Å². The van der Waals surface area contributed by atoms with Gasteiger partial charge in [0.05, 0.1) is 4.88 Å². The predicted octanol–water partition coefficient (Wildman–Crippen LogP) is 3.80. The van der Waals surface area contributed by atoms with Crippen LogP contribution in [0.25, 0.3) is 0 Å². The smallest absolute Gasteiger partial charge is 0.160 e. The summed E-state index contributed by atoms with van der Waals surface area (Å²) in [4.78, 5) is 11.1. The van der Waals surface area contributed by atoms with Crippen molar-refractivity contribution in [2.75, 3.05) is 0 Å². The van der Waals surface area contributed by atoms with Crippen LogP contribution in [0.4, 0.5) is 4.39 Å². The number of carbonyl (C=O) groups excluding carboxylic acids is 1. The first-order chi connectivity index (χ1) is 7.69. The normalized spacial score (nSPS) is 10.1. The molecule has 0 bridgehead atoms. The highest BCUT2D eigenvalue weighted by Gasteiger charge is 2.04. The van der Waals surface area contributed by atoms with E-state index in [9.17, 15) is 9.18 Å². The Hall–Kier alpha value is -1.68. The first-order valence-electron chi connectivity index (χ1n) is 4.67. The van der Waals surface area contributed by atoms with Gasteiger partial charge in [-0.25, -0.2) is 4.39 Å². The lowest BCUT2D eigenvalue weighted by Gasteiger charge is -2.06. The molecule has 2 aromatic rings. The molecule has 0 radical (unpaired) electrons. The van der Waals surface area contributed by atoms with Crippen molar-refractivity contribution < 1.29 is 13.9 Å². The minimum atomic E-state index is -0.288. The predicted molar refractivity (Wildman–Crippen MR) is 60.9 cm³/mol. The Kier molecular flexibility index (Phi) is 3.01. The van der Waals surface area contributed by atoms with Crippen LogP contribution in [0.5, 0.6) is 11.5 Å². The van der Waals surface area contributed by atoms with E-state index in [1.807, 2.05) is 0 Å². The molecule has 0 fully saturated rings. The molecule has 0 saturated heterocycles. The zero-order valence-electron chi connectivity index (χ0n) is 8.57. The number of thiophene rings is 1. The van der Waals surface area contributed by atoms with Crippen LogP contribution < -0.4 is 4.74 Å². The summed E-state index contributed by atoms with van der Waals surface area (Å²) < 4.78 is 18.4. The third kappa shape index (κ3) is 2.28. The monoisotopic (exact) mass is 236 g/mol. The molecule has 0 unspecified atom stereocenters. The average Bonchev–Trinajstić information content (AvgIpc) is 2.70. The van der Waals surface area contributed by atoms with E-state index in [0.717, 1.165) is 11.8 Å². The second-order valence-corrected chi connectivity index (χ2v) is 4.26. The lowest BCUT2D eigenvalue weighted by molar-refractivity contribution is 0.112. The maximum atomic E-state index is 12.8. The van der Waals surface area contributed by atoms with Crippen LogP contribution >= 0.6 is 11.3 Å². The number of aldehydes is 1. The second-order valence-electron chi connectivity index (χ2n) is 3.31. The maximum absolute atomic E-state index is 12.8. The van der Waals surface area contributed by atoms with Crippen molar-refractivity contribution in [2.45, 2.75) is 6.92 Å². The van der Waals surface area contributed by atoms with E-state index in [1.165, 1.54) is 23.5 Å². The van der Waals surface area contributed by atoms with Crippen molar-refractivity contribution in [1.82, 2.24) is 0 Å². The number of benzene rings is 1. The fraction of sp³-hybridized carbons (Fsp3) is 0.0833. The molecule has 0 saturated carbocycles. The molecule has 82 valence electrons. The number of ether oxygens (including phenoxy) is 1. The van der Waals surface area contributed by atoms with Crippen LogP contribution in [-0.2, 0) is 0 Å². The molecule has 1 heterocycles. The largest absolute Gasteiger partial charge is 0.456 e. The van der Waals surface area contributed by atoms with Gasteiger partial charge in [0.1, 0.15) is 17.3 Å². The molecule has 1 aromatic carbocycles. The first kappa shape index (κ1) is 10.8. The Morgan fingerprint density at radius 3 is 2.81 bits per heavy atom. The zero-order valence-corrected chi connectivity index (χ0v) is 9.38. The van der Waals surface area contributed by atoms with Crippen LogP contribution in [0.1, 0.15) is 15.2 Å². The standard InChI is InChI=1S/C12H9FO2S/c1-8-4-9(13)2-3-12(8)15-10-5-11(6-14)16-7-10/h2-7H,1H3. The van der Waals surface area contributed by atoms with E-state index in [4.69, 9.17) is 4.74 Å². The molecule has 0 spiro atoms. The third-order valence-corrected chi connectivity index (χ3v) is 2.91. The highest BCUT2D eigenvalue weighted by atomic mass is 32.1. The Labute approximate surface area is 96.3 Å². The minimum absolute atomic E-state index is 0.288. The number of hydrogen-bond donors (Lipinski definition) is 0. The van der Waals surface area contributed by atoms with Crippen molar-refractivity contribution in [1.29, 1.82) is 0 Å². The number of halogens is 1. The SMILES string of the molecule is Cc1cc(F)ccc1Oc1csc(C=O)c1. The van der Waals surface area contributed by atoms with Crippen molar-refractivity contribution in [3.05, 3.63) is 45.9 Å². The van der Waals surface area contributed by atoms with Crippen LogP contribution in [0.3, 0.4) is 0 Å². The summed E-state index contributed by atoms with van der Waals surface area (Å²) in [5, 5.41) is 1.74. The van der Waals surface area contributed by atoms with Gasteiger partial charge in [0.15, 0.2) is 6.29 Å². The van der Waals surface area contributed by atoms with Crippen LogP contribution in [-0.4, -0.2) is 6.29 Å². The van der Waals surface area contributed by atoms with Gasteiger partial charge in [0.25, 0.3) is 0 Å². The highest BCUT2D eigenvalue weighted by molar-refractivity contribution is 7.11. The molecule has 1 aromatic heterocycles. The molecular formula is C12H9FO2S. The zero-order chi connectivity index (χ0) is 11.5. The van der Waals surface area contributed by atoms with Gasteiger partial charge in [-0.3, -0.25) is 4.79 Å². The summed E-state index contributed by atoms with van der Waals surface area (Å²) in [5.41, 5.74) is 0.721. The number of aryl methyl sites for hydroxylation is 1. The van der Waals surface area contributed by atoms with E-state index in [-0.39, 0.29) is 5.82 Å². The molecule has 0 aliphatic heterocycles. The van der Waals surface area contributed by atoms with Crippen LogP contribution in [0.15, 0.2) is 29.6 Å². The summed E-state index contributed by atoms with van der Waals surface area (Å²) in [6.07, 6.45) is 0.773. The molecule has 4 heteroatoms. The Balaban J connectivity index is 2.23. The molecular weight excluding hydrogens is 227 g/mol. The molecule has 0 N–H and O–H groups in total. The highest BCUT2D eigenvalue weighted by Crippen LogP contribution is 2.28. The van der Waals surface area contributed by atoms with Gasteiger partial charge in [0.2, 0.25) is 0 Å². The number of hydrogen-bond acceptors (Lipinski definition) is 3. The molecule has 2 nitrogen and oxygen atoms in total. The molecule has 2 rings (SSSR count). The minimum Gasteiger partial charge on any atom is -0.456 e. The van der Waals surface area contributed by atoms with Gasteiger partial charge in [0, 0.05) is 11.4 Å². The van der Waals surface area contributed by atoms with Gasteiger partial charge in [-0.15, -0.1) is 11.3 Å². The van der Waals surface area contributed by atoms with Crippen molar-refractivity contribution in [2.24, 2.45) is 0 Å². The maximum Gasteiger partial charge on any atom is 0.160 e. The molecule has 0 atom stereocenters. The van der Waals surface area contributed by atoms with Gasteiger partial charge in [-0.2, -0.15) is 0 Å². The second kappa shape index (κ2) is 4.45. The number of rotatable bonds is 3. The fourth-order valence-corrected chi connectivity index (χ4v) is 1.91. The van der Waals surface area contributed by atoms with Gasteiger partial charge in [-0.05, 0) is 30.7 Å². The van der Waals surface area contributed by atoms with E-state index in [0.29, 0.717) is 16.4 Å². The Morgan fingerprint density at radius 2 is 2.19 bits per heavy atom. The van der Waals surface area contributed by atoms with Crippen LogP contribution in [0.2, 0.25) is 0 Å². The first-order valence-corrected chi connectivity index (χ1v) is 5.55. The lowest BCUT2D eigenvalue weighted by atomic mass is 10.2. The Morgan fingerprint density at radius 1 is 1.38 bits per heavy atom. The summed E-state index contributed by atoms with van der Waals surface area (Å²) >= 11 is 1.31. The van der Waals surface area contributed by atoms with Crippen molar-refractivity contribution >= 4 is 17.6 Å². The molecule has 0 amide bonds. The van der Waals surface area contributed by atoms with Gasteiger partial charge in [-0.1, -0.05) is 0 Å². The molecule has 0 aliphatic carbocycles. The lowest BCUT2D eigenvalue weighted by Crippen LogP contribution is -1.87. The average molecular weight is 236 g/mol. The van der Waals surface area contributed by atoms with E-state index in [2.05, 4.69) is 0 Å². The van der Waals surface area contributed by atoms with Gasteiger partial charge < -0.3 is 4.74 Å². The van der Waals surface area contributed by atoms with Gasteiger partial charge >= 0.3 is 0 Å². The third-order valence-electron chi connectivity index (χ3n) is 2.08.